The van der Waals surface area contributed by atoms with Gasteiger partial charge in [-0.3, -0.25) is 0 Å². The van der Waals surface area contributed by atoms with Crippen LogP contribution in [0.15, 0.2) is 12.1 Å². The minimum absolute atomic E-state index is 0.00204. The number of hydrogen-bond acceptors (Lipinski definition) is 3. The minimum Gasteiger partial charge on any atom is -0.368 e. The Morgan fingerprint density at radius 2 is 2.26 bits per heavy atom. The second-order valence-corrected chi connectivity index (χ2v) is 7.41. The lowest BCUT2D eigenvalue weighted by atomic mass is 9.88. The van der Waals surface area contributed by atoms with Crippen molar-refractivity contribution in [1.29, 1.82) is 0 Å². The molecule has 4 heteroatoms. The van der Waals surface area contributed by atoms with E-state index in [1.54, 1.807) is 11.3 Å². The van der Waals surface area contributed by atoms with E-state index in [9.17, 15) is 0 Å². The molecule has 0 aliphatic heterocycles. The lowest BCUT2D eigenvalue weighted by molar-refractivity contribution is -0.0501. The maximum Gasteiger partial charge on any atom is 0.107 e. The predicted octanol–water partition coefficient (Wildman–Crippen LogP) is 4.78. The Labute approximate surface area is 125 Å². The van der Waals surface area contributed by atoms with Crippen LogP contribution in [0.2, 0.25) is 4.34 Å². The van der Waals surface area contributed by atoms with Gasteiger partial charge in [0.1, 0.15) is 6.10 Å². The number of ether oxygens (including phenoxy) is 1. The van der Waals surface area contributed by atoms with Crippen molar-refractivity contribution in [2.75, 3.05) is 0 Å². The van der Waals surface area contributed by atoms with Crippen molar-refractivity contribution >= 4 is 22.9 Å². The fourth-order valence-electron chi connectivity index (χ4n) is 2.78. The number of halogens is 1. The predicted molar refractivity (Wildman–Crippen MR) is 82.8 cm³/mol. The molecule has 0 amide bonds. The average molecular weight is 302 g/mol. The van der Waals surface area contributed by atoms with Crippen LogP contribution in [0.3, 0.4) is 0 Å². The third-order valence-corrected chi connectivity index (χ3v) is 5.25. The summed E-state index contributed by atoms with van der Waals surface area (Å²) in [5.74, 6) is 0.768. The van der Waals surface area contributed by atoms with E-state index in [1.165, 1.54) is 12.8 Å². The van der Waals surface area contributed by atoms with Crippen molar-refractivity contribution in [3.05, 3.63) is 21.3 Å². The first-order chi connectivity index (χ1) is 9.10. The molecule has 0 spiro atoms. The summed E-state index contributed by atoms with van der Waals surface area (Å²) in [7, 11) is 0. The molecule has 108 valence electrons. The van der Waals surface area contributed by atoms with Gasteiger partial charge in [0.15, 0.2) is 0 Å². The van der Waals surface area contributed by atoms with E-state index in [1.807, 2.05) is 6.07 Å². The Kier molecular flexibility index (Phi) is 5.70. The summed E-state index contributed by atoms with van der Waals surface area (Å²) in [6.45, 7) is 4.42. The third-order valence-electron chi connectivity index (χ3n) is 3.96. The molecule has 2 N–H and O–H groups in total. The molecule has 19 heavy (non-hydrogen) atoms. The van der Waals surface area contributed by atoms with Gasteiger partial charge in [-0.25, -0.2) is 0 Å². The van der Waals surface area contributed by atoms with Crippen LogP contribution in [0.25, 0.3) is 0 Å². The van der Waals surface area contributed by atoms with E-state index in [2.05, 4.69) is 19.9 Å². The van der Waals surface area contributed by atoms with Gasteiger partial charge in [-0.15, -0.1) is 11.3 Å². The monoisotopic (exact) mass is 301 g/mol. The molecule has 4 atom stereocenters. The molecule has 1 heterocycles. The maximum atomic E-state index is 6.34. The molecule has 0 bridgehead atoms. The largest absolute Gasteiger partial charge is 0.368 e. The van der Waals surface area contributed by atoms with Crippen LogP contribution in [-0.2, 0) is 4.74 Å². The molecule has 2 nitrogen and oxygen atoms in total. The molecular weight excluding hydrogens is 278 g/mol. The lowest BCUT2D eigenvalue weighted by Gasteiger charge is -2.32. The second-order valence-electron chi connectivity index (χ2n) is 5.66. The quantitative estimate of drug-likeness (QED) is 0.850. The molecule has 1 aliphatic rings. The molecule has 0 radical (unpaired) electrons. The van der Waals surface area contributed by atoms with Gasteiger partial charge in [0.05, 0.1) is 10.4 Å². The average Bonchev–Trinajstić information content (AvgIpc) is 2.81. The molecule has 4 unspecified atom stereocenters. The second kappa shape index (κ2) is 7.07. The van der Waals surface area contributed by atoms with Crippen LogP contribution in [0.4, 0.5) is 0 Å². The molecule has 1 aliphatic carbocycles. The molecule has 0 saturated heterocycles. The van der Waals surface area contributed by atoms with Gasteiger partial charge in [0.25, 0.3) is 0 Å². The zero-order valence-corrected chi connectivity index (χ0v) is 13.3. The van der Waals surface area contributed by atoms with Crippen LogP contribution in [0.5, 0.6) is 0 Å². The summed E-state index contributed by atoms with van der Waals surface area (Å²) < 4.78 is 7.15. The van der Waals surface area contributed by atoms with Crippen molar-refractivity contribution < 1.29 is 4.74 Å². The van der Waals surface area contributed by atoms with Crippen molar-refractivity contribution in [1.82, 2.24) is 0 Å². The zero-order valence-electron chi connectivity index (χ0n) is 11.8. The van der Waals surface area contributed by atoms with E-state index in [-0.39, 0.29) is 12.1 Å². The summed E-state index contributed by atoms with van der Waals surface area (Å²) in [4.78, 5) is 1.16. The number of nitrogens with two attached hydrogens (primary N) is 1. The topological polar surface area (TPSA) is 35.2 Å². The first-order valence-corrected chi connectivity index (χ1v) is 8.45. The summed E-state index contributed by atoms with van der Waals surface area (Å²) in [5.41, 5.74) is 6.25. The summed E-state index contributed by atoms with van der Waals surface area (Å²) in [6, 6.07) is 4.04. The highest BCUT2D eigenvalue weighted by molar-refractivity contribution is 7.16. The minimum atomic E-state index is -0.00204. The first kappa shape index (κ1) is 15.3. The highest BCUT2D eigenvalue weighted by Crippen LogP contribution is 2.35. The SMILES string of the molecule is CCC(N)C(OC1CCCC(C)C1)c1ccc(Cl)s1. The Morgan fingerprint density at radius 1 is 1.47 bits per heavy atom. The summed E-state index contributed by atoms with van der Waals surface area (Å²) >= 11 is 7.63. The van der Waals surface area contributed by atoms with Gasteiger partial charge in [0.2, 0.25) is 0 Å². The Balaban J connectivity index is 2.05. The van der Waals surface area contributed by atoms with Gasteiger partial charge in [-0.2, -0.15) is 0 Å². The molecule has 2 rings (SSSR count). The highest BCUT2D eigenvalue weighted by atomic mass is 35.5. The lowest BCUT2D eigenvalue weighted by Crippen LogP contribution is -2.33. The van der Waals surface area contributed by atoms with Crippen molar-refractivity contribution in [2.45, 2.75) is 64.2 Å². The van der Waals surface area contributed by atoms with Gasteiger partial charge >= 0.3 is 0 Å². The van der Waals surface area contributed by atoms with Crippen LogP contribution in [-0.4, -0.2) is 12.1 Å². The molecule has 1 aromatic heterocycles. The van der Waals surface area contributed by atoms with Gasteiger partial charge in [0, 0.05) is 10.9 Å². The van der Waals surface area contributed by atoms with Crippen LogP contribution >= 0.6 is 22.9 Å². The zero-order chi connectivity index (χ0) is 13.8. The van der Waals surface area contributed by atoms with Gasteiger partial charge in [-0.1, -0.05) is 38.3 Å². The molecule has 0 aromatic carbocycles. The van der Waals surface area contributed by atoms with E-state index < -0.39 is 0 Å². The fraction of sp³-hybridized carbons (Fsp3) is 0.733. The summed E-state index contributed by atoms with van der Waals surface area (Å²) in [5, 5.41) is 0. The number of rotatable bonds is 5. The molecule has 1 fully saturated rings. The summed E-state index contributed by atoms with van der Waals surface area (Å²) in [6.07, 6.45) is 6.19. The fourth-order valence-corrected chi connectivity index (χ4v) is 3.96. The number of thiophene rings is 1. The standard InChI is InChI=1S/C15H24ClNOS/c1-3-12(17)15(13-7-8-14(16)19-13)18-11-6-4-5-10(2)9-11/h7-8,10-12,15H,3-6,9,17H2,1-2H3. The van der Waals surface area contributed by atoms with E-state index in [4.69, 9.17) is 22.1 Å². The van der Waals surface area contributed by atoms with Crippen LogP contribution in [0, 0.1) is 5.92 Å². The molecule has 1 aromatic rings. The van der Waals surface area contributed by atoms with E-state index in [0.717, 1.165) is 34.4 Å². The van der Waals surface area contributed by atoms with E-state index in [0.29, 0.717) is 6.10 Å². The normalized spacial score (nSPS) is 27.2. The Hall–Kier alpha value is -0.0900. The highest BCUT2D eigenvalue weighted by Gasteiger charge is 2.27. The smallest absolute Gasteiger partial charge is 0.107 e. The maximum absolute atomic E-state index is 6.34. The van der Waals surface area contributed by atoms with E-state index >= 15 is 0 Å². The number of hydrogen-bond donors (Lipinski definition) is 1. The van der Waals surface area contributed by atoms with Crippen LogP contribution < -0.4 is 5.73 Å². The first-order valence-electron chi connectivity index (χ1n) is 7.26. The molecular formula is C15H24ClNOS. The van der Waals surface area contributed by atoms with Crippen molar-refractivity contribution in [2.24, 2.45) is 11.7 Å². The Bertz CT molecular complexity index is 395. The van der Waals surface area contributed by atoms with Crippen LogP contribution in [0.1, 0.15) is 56.9 Å². The van der Waals surface area contributed by atoms with Crippen molar-refractivity contribution in [3.63, 3.8) is 0 Å². The Morgan fingerprint density at radius 3 is 2.84 bits per heavy atom. The van der Waals surface area contributed by atoms with Gasteiger partial charge in [-0.05, 0) is 37.3 Å². The van der Waals surface area contributed by atoms with Crippen molar-refractivity contribution in [3.8, 4) is 0 Å². The third kappa shape index (κ3) is 4.19. The van der Waals surface area contributed by atoms with Gasteiger partial charge < -0.3 is 10.5 Å². The molecule has 1 saturated carbocycles.